The third kappa shape index (κ3) is 2.66. The highest BCUT2D eigenvalue weighted by molar-refractivity contribution is 8.14. The van der Waals surface area contributed by atoms with Crippen LogP contribution in [0, 0.1) is 0 Å². The van der Waals surface area contributed by atoms with E-state index in [1.54, 1.807) is 0 Å². The Morgan fingerprint density at radius 3 is 3.00 bits per heavy atom. The molecule has 0 aliphatic carbocycles. The number of fused-ring (bicyclic) bond motifs is 1. The number of hydrazine groups is 1. The summed E-state index contributed by atoms with van der Waals surface area (Å²) in [5.74, 6) is 7.08. The average Bonchev–Trinajstić information content (AvgIpc) is 2.95. The van der Waals surface area contributed by atoms with Gasteiger partial charge < -0.3 is 9.47 Å². The fourth-order valence-corrected chi connectivity index (χ4v) is 2.84. The molecule has 2 aliphatic heterocycles. The molecule has 1 aromatic carbocycles. The number of urea groups is 1. The highest BCUT2D eigenvalue weighted by Gasteiger charge is 2.21. The monoisotopic (exact) mass is 294 g/mol. The number of rotatable bonds is 2. The molecule has 0 saturated heterocycles. The first kappa shape index (κ1) is 13.1. The van der Waals surface area contributed by atoms with Gasteiger partial charge in [0.25, 0.3) is 0 Å². The Kier molecular flexibility index (Phi) is 3.66. The van der Waals surface area contributed by atoms with Crippen LogP contribution in [0.15, 0.2) is 23.3 Å². The molecule has 0 aromatic heterocycles. The van der Waals surface area contributed by atoms with Gasteiger partial charge in [-0.1, -0.05) is 17.8 Å². The van der Waals surface area contributed by atoms with E-state index in [2.05, 4.69) is 10.5 Å². The van der Waals surface area contributed by atoms with Crippen LogP contribution < -0.4 is 20.7 Å². The van der Waals surface area contributed by atoms with Crippen molar-refractivity contribution in [2.75, 3.05) is 19.1 Å². The second-order valence-corrected chi connectivity index (χ2v) is 5.29. The van der Waals surface area contributed by atoms with Gasteiger partial charge in [-0.15, -0.1) is 0 Å². The fourth-order valence-electron chi connectivity index (χ4n) is 1.97. The molecule has 2 amide bonds. The summed E-state index contributed by atoms with van der Waals surface area (Å²) in [4.78, 5) is 11.3. The number of hydrogen-bond donors (Lipinski definition) is 2. The molecule has 0 unspecified atom stereocenters. The summed E-state index contributed by atoms with van der Waals surface area (Å²) < 4.78 is 11.0. The lowest BCUT2D eigenvalue weighted by atomic mass is 10.1. The van der Waals surface area contributed by atoms with Crippen molar-refractivity contribution in [3.8, 4) is 11.5 Å². The molecular weight excluding hydrogens is 280 g/mol. The molecule has 20 heavy (non-hydrogen) atoms. The van der Waals surface area contributed by atoms with Gasteiger partial charge in [-0.2, -0.15) is 5.10 Å². The van der Waals surface area contributed by atoms with E-state index >= 15 is 0 Å². The zero-order chi connectivity index (χ0) is 13.9. The van der Waals surface area contributed by atoms with Crippen LogP contribution in [0.3, 0.4) is 0 Å². The Bertz CT molecular complexity index is 564. The molecular formula is C12H14N4O3S. The lowest BCUT2D eigenvalue weighted by molar-refractivity contribution is 0.171. The number of benzene rings is 1. The molecule has 0 bridgehead atoms. The molecule has 8 heteroatoms. The maximum atomic E-state index is 11.3. The molecule has 2 aliphatic rings. The third-order valence-corrected chi connectivity index (χ3v) is 3.84. The lowest BCUT2D eigenvalue weighted by Gasteiger charge is -2.18. The van der Waals surface area contributed by atoms with Crippen molar-refractivity contribution >= 4 is 22.8 Å². The van der Waals surface area contributed by atoms with Crippen molar-refractivity contribution in [1.29, 1.82) is 0 Å². The molecule has 0 atom stereocenters. The number of nitrogens with one attached hydrogen (secondary N) is 1. The number of ether oxygens (including phenoxy) is 2. The summed E-state index contributed by atoms with van der Waals surface area (Å²) >= 11 is 1.51. The van der Waals surface area contributed by atoms with Crippen molar-refractivity contribution in [1.82, 2.24) is 10.4 Å². The van der Waals surface area contributed by atoms with E-state index < -0.39 is 6.03 Å². The Hall–Kier alpha value is -1.93. The number of hydrogen-bond acceptors (Lipinski definition) is 6. The molecule has 7 nitrogen and oxygen atoms in total. The van der Waals surface area contributed by atoms with Crippen LogP contribution in [0.25, 0.3) is 0 Å². The highest BCUT2D eigenvalue weighted by atomic mass is 32.2. The smallest absolute Gasteiger partial charge is 0.352 e. The van der Waals surface area contributed by atoms with Gasteiger partial charge in [0, 0.05) is 6.42 Å². The number of amides is 2. The first-order valence-electron chi connectivity index (χ1n) is 6.13. The molecule has 0 spiro atoms. The summed E-state index contributed by atoms with van der Waals surface area (Å²) in [7, 11) is 0. The van der Waals surface area contributed by atoms with Crippen molar-refractivity contribution in [3.05, 3.63) is 23.8 Å². The van der Waals surface area contributed by atoms with Crippen LogP contribution in [-0.4, -0.2) is 35.2 Å². The minimum absolute atomic E-state index is 0.408. The van der Waals surface area contributed by atoms with Gasteiger partial charge in [0.2, 0.25) is 0 Å². The van der Waals surface area contributed by atoms with E-state index in [1.807, 2.05) is 18.2 Å². The van der Waals surface area contributed by atoms with Crippen molar-refractivity contribution in [2.24, 2.45) is 10.9 Å². The minimum Gasteiger partial charge on any atom is -0.486 e. The first-order valence-corrected chi connectivity index (χ1v) is 7.12. The Morgan fingerprint density at radius 1 is 1.40 bits per heavy atom. The zero-order valence-electron chi connectivity index (χ0n) is 10.7. The minimum atomic E-state index is -0.408. The van der Waals surface area contributed by atoms with Gasteiger partial charge in [-0.05, 0) is 17.7 Å². The molecule has 106 valence electrons. The van der Waals surface area contributed by atoms with Crippen LogP contribution in [0.2, 0.25) is 0 Å². The fraction of sp³-hybridized carbons (Fsp3) is 0.333. The molecule has 2 heterocycles. The zero-order valence-corrected chi connectivity index (χ0v) is 11.5. The predicted octanol–water partition coefficient (Wildman–Crippen LogP) is 0.903. The van der Waals surface area contributed by atoms with E-state index in [1.165, 1.54) is 16.8 Å². The maximum absolute atomic E-state index is 11.3. The Morgan fingerprint density at radius 2 is 2.20 bits per heavy atom. The standard InChI is InChI=1S/C12H14N4O3S/c13-14-12(17)16-7-20-11(15-16)6-8-1-2-9-10(5-8)19-4-3-18-9/h1-2,5H,3-4,6-7,13H2,(H,14,17). The first-order chi connectivity index (χ1) is 9.76. The topological polar surface area (TPSA) is 89.2 Å². The van der Waals surface area contributed by atoms with Gasteiger partial charge in [-0.25, -0.2) is 15.6 Å². The van der Waals surface area contributed by atoms with E-state index in [0.29, 0.717) is 25.5 Å². The third-order valence-electron chi connectivity index (χ3n) is 2.91. The highest BCUT2D eigenvalue weighted by Crippen LogP contribution is 2.31. The number of carbonyl (C=O) groups is 1. The van der Waals surface area contributed by atoms with Crippen LogP contribution in [0.1, 0.15) is 5.56 Å². The van der Waals surface area contributed by atoms with E-state index in [-0.39, 0.29) is 0 Å². The van der Waals surface area contributed by atoms with Crippen molar-refractivity contribution < 1.29 is 14.3 Å². The predicted molar refractivity (Wildman–Crippen MR) is 75.6 cm³/mol. The van der Waals surface area contributed by atoms with Crippen LogP contribution >= 0.6 is 11.8 Å². The van der Waals surface area contributed by atoms with Crippen LogP contribution in [-0.2, 0) is 6.42 Å². The van der Waals surface area contributed by atoms with Gasteiger partial charge >= 0.3 is 6.03 Å². The molecule has 0 fully saturated rings. The Balaban J connectivity index is 1.71. The van der Waals surface area contributed by atoms with Crippen LogP contribution in [0.5, 0.6) is 11.5 Å². The second kappa shape index (κ2) is 5.59. The van der Waals surface area contributed by atoms with E-state index in [9.17, 15) is 4.79 Å². The van der Waals surface area contributed by atoms with Crippen molar-refractivity contribution in [2.45, 2.75) is 6.42 Å². The summed E-state index contributed by atoms with van der Waals surface area (Å²) in [6, 6.07) is 5.41. The van der Waals surface area contributed by atoms with Gasteiger partial charge in [-0.3, -0.25) is 5.43 Å². The number of carbonyl (C=O) groups excluding carboxylic acids is 1. The van der Waals surface area contributed by atoms with Gasteiger partial charge in [0.15, 0.2) is 11.5 Å². The number of hydrazone groups is 1. The van der Waals surface area contributed by atoms with Gasteiger partial charge in [0.1, 0.15) is 18.3 Å². The normalized spacial score (nSPS) is 16.9. The summed E-state index contributed by atoms with van der Waals surface area (Å²) in [5, 5.41) is 6.38. The number of thioether (sulfide) groups is 1. The number of nitrogens with zero attached hydrogens (tertiary/aromatic N) is 2. The SMILES string of the molecule is NNC(=O)N1CSC(Cc2ccc3c(c2)OCCO3)=N1. The summed E-state index contributed by atoms with van der Waals surface area (Å²) in [6.07, 6.45) is 0.648. The molecule has 3 N–H and O–H groups in total. The summed E-state index contributed by atoms with van der Waals surface area (Å²) in [6.45, 7) is 1.15. The Labute approximate surface area is 120 Å². The van der Waals surface area contributed by atoms with Gasteiger partial charge in [0.05, 0.1) is 5.88 Å². The van der Waals surface area contributed by atoms with E-state index in [4.69, 9.17) is 15.3 Å². The molecule has 0 saturated carbocycles. The van der Waals surface area contributed by atoms with Crippen LogP contribution in [0.4, 0.5) is 4.79 Å². The largest absolute Gasteiger partial charge is 0.486 e. The maximum Gasteiger partial charge on any atom is 0.352 e. The average molecular weight is 294 g/mol. The lowest BCUT2D eigenvalue weighted by Crippen LogP contribution is -2.39. The second-order valence-electron chi connectivity index (χ2n) is 4.27. The number of nitrogens with two attached hydrogens (primary N) is 1. The summed E-state index contributed by atoms with van der Waals surface area (Å²) in [5.41, 5.74) is 3.13. The van der Waals surface area contributed by atoms with Crippen molar-refractivity contribution in [3.63, 3.8) is 0 Å². The van der Waals surface area contributed by atoms with E-state index in [0.717, 1.165) is 22.1 Å². The quantitative estimate of drug-likeness (QED) is 0.480. The molecule has 0 radical (unpaired) electrons. The molecule has 3 rings (SSSR count). The molecule has 1 aromatic rings.